The van der Waals surface area contributed by atoms with Crippen LogP contribution in [0.2, 0.25) is 0 Å². The van der Waals surface area contributed by atoms with E-state index in [4.69, 9.17) is 14.2 Å². The molecule has 0 aromatic heterocycles. The van der Waals surface area contributed by atoms with Crippen LogP contribution in [0.1, 0.15) is 53.4 Å². The Hall–Kier alpha value is -2.32. The van der Waals surface area contributed by atoms with Gasteiger partial charge in [0, 0.05) is 30.8 Å². The summed E-state index contributed by atoms with van der Waals surface area (Å²) in [6, 6.07) is 0. The summed E-state index contributed by atoms with van der Waals surface area (Å²) in [5.41, 5.74) is -1.78. The second-order valence-corrected chi connectivity index (χ2v) is 11.2. The number of allylic oxidation sites excluding steroid dienone is 4. The summed E-state index contributed by atoms with van der Waals surface area (Å²) in [6.07, 6.45) is 6.43. The summed E-state index contributed by atoms with van der Waals surface area (Å²) in [5.74, 6) is -1.68. The highest BCUT2D eigenvalue weighted by Crippen LogP contribution is 2.68. The zero-order valence-corrected chi connectivity index (χ0v) is 21.2. The second-order valence-electron chi connectivity index (χ2n) is 11.2. The number of Topliss-reactive ketones (excluding diaryl/α,β-unsaturated/α-hetero) is 1. The average Bonchev–Trinajstić information content (AvgIpc) is 3.05. The monoisotopic (exact) mass is 488 g/mol. The smallest absolute Gasteiger partial charge is 0.333 e. The van der Waals surface area contributed by atoms with Crippen LogP contribution in [0.4, 0.5) is 0 Å². The number of hydrogen-bond acceptors (Lipinski definition) is 8. The zero-order valence-electron chi connectivity index (χ0n) is 21.2. The molecule has 0 amide bonds. The number of ether oxygens (including phenoxy) is 3. The van der Waals surface area contributed by atoms with Crippen LogP contribution < -0.4 is 0 Å². The second kappa shape index (κ2) is 8.96. The Labute approximate surface area is 206 Å². The Balaban J connectivity index is 1.75. The highest BCUT2D eigenvalue weighted by molar-refractivity contribution is 6.01. The molecule has 0 unspecified atom stereocenters. The van der Waals surface area contributed by atoms with E-state index in [0.29, 0.717) is 12.8 Å². The van der Waals surface area contributed by atoms with Gasteiger partial charge in [-0.1, -0.05) is 32.4 Å². The molecule has 1 N–H and O–H groups in total. The maximum absolute atomic E-state index is 13.6. The number of ketones is 2. The van der Waals surface area contributed by atoms with Gasteiger partial charge in [-0.05, 0) is 55.6 Å². The summed E-state index contributed by atoms with van der Waals surface area (Å²) in [7, 11) is 1.38. The van der Waals surface area contributed by atoms with Gasteiger partial charge in [0.2, 0.25) is 5.78 Å². The molecule has 0 aromatic rings. The molecular formula is C27H36O8. The maximum Gasteiger partial charge on any atom is 0.333 e. The van der Waals surface area contributed by atoms with E-state index in [1.165, 1.54) is 14.0 Å². The largest absolute Gasteiger partial charge is 0.458 e. The van der Waals surface area contributed by atoms with Crippen LogP contribution in [0.25, 0.3) is 0 Å². The molecular weight excluding hydrogens is 452 g/mol. The van der Waals surface area contributed by atoms with Crippen molar-refractivity contribution < 1.29 is 38.5 Å². The normalized spacial score (nSPS) is 41.8. The van der Waals surface area contributed by atoms with Crippen molar-refractivity contribution in [2.75, 3.05) is 20.3 Å². The molecule has 0 saturated heterocycles. The first-order chi connectivity index (χ1) is 16.4. The molecule has 0 heterocycles. The molecule has 8 atom stereocenters. The van der Waals surface area contributed by atoms with Crippen LogP contribution in [0, 0.1) is 34.5 Å². The summed E-state index contributed by atoms with van der Waals surface area (Å²) in [5, 5.41) is 11.6. The maximum atomic E-state index is 13.6. The molecule has 8 heteroatoms. The number of carbonyl (C=O) groups is 4. The predicted octanol–water partition coefficient (Wildman–Crippen LogP) is 2.57. The van der Waals surface area contributed by atoms with Gasteiger partial charge in [0.1, 0.15) is 6.61 Å². The van der Waals surface area contributed by atoms with Gasteiger partial charge in [-0.2, -0.15) is 0 Å². The molecule has 4 aliphatic carbocycles. The third-order valence-corrected chi connectivity index (χ3v) is 9.34. The van der Waals surface area contributed by atoms with Crippen molar-refractivity contribution in [2.24, 2.45) is 34.5 Å². The number of hydrogen-bond donors (Lipinski definition) is 1. The lowest BCUT2D eigenvalue weighted by molar-refractivity contribution is -0.203. The van der Waals surface area contributed by atoms with E-state index in [0.717, 1.165) is 12.0 Å². The lowest BCUT2D eigenvalue weighted by Crippen LogP contribution is -2.63. The highest BCUT2D eigenvalue weighted by atomic mass is 16.6. The minimum absolute atomic E-state index is 0.000578. The first-order valence-electron chi connectivity index (χ1n) is 12.4. The van der Waals surface area contributed by atoms with E-state index in [9.17, 15) is 24.3 Å². The Kier molecular flexibility index (Phi) is 6.60. The summed E-state index contributed by atoms with van der Waals surface area (Å²) < 4.78 is 15.9. The first kappa shape index (κ1) is 25.8. The summed E-state index contributed by atoms with van der Waals surface area (Å²) in [4.78, 5) is 49.8. The van der Waals surface area contributed by atoms with E-state index in [-0.39, 0.29) is 42.5 Å². The van der Waals surface area contributed by atoms with Gasteiger partial charge < -0.3 is 19.3 Å². The van der Waals surface area contributed by atoms with Crippen LogP contribution in [-0.4, -0.2) is 60.6 Å². The fourth-order valence-electron chi connectivity index (χ4n) is 8.05. The predicted molar refractivity (Wildman–Crippen MR) is 125 cm³/mol. The van der Waals surface area contributed by atoms with Crippen molar-refractivity contribution in [3.05, 3.63) is 23.8 Å². The summed E-state index contributed by atoms with van der Waals surface area (Å²) in [6.45, 7) is 6.55. The molecule has 0 spiro atoms. The van der Waals surface area contributed by atoms with Gasteiger partial charge in [-0.15, -0.1) is 0 Å². The molecule has 0 aromatic carbocycles. The molecule has 4 rings (SSSR count). The Morgan fingerprint density at radius 3 is 2.57 bits per heavy atom. The Morgan fingerprint density at radius 2 is 1.91 bits per heavy atom. The van der Waals surface area contributed by atoms with E-state index < -0.39 is 46.9 Å². The molecule has 0 aliphatic heterocycles. The van der Waals surface area contributed by atoms with Gasteiger partial charge in [-0.25, -0.2) is 4.79 Å². The molecule has 8 nitrogen and oxygen atoms in total. The number of carbonyl (C=O) groups excluding carboxylic acids is 4. The molecule has 3 fully saturated rings. The molecule has 0 bridgehead atoms. The zero-order chi connectivity index (χ0) is 25.8. The molecule has 0 radical (unpaired) electrons. The van der Waals surface area contributed by atoms with Crippen molar-refractivity contribution >= 4 is 23.5 Å². The van der Waals surface area contributed by atoms with Crippen LogP contribution in [0.5, 0.6) is 0 Å². The third-order valence-electron chi connectivity index (χ3n) is 9.34. The minimum Gasteiger partial charge on any atom is -0.458 e. The van der Waals surface area contributed by atoms with E-state index in [2.05, 4.69) is 13.8 Å². The van der Waals surface area contributed by atoms with Gasteiger partial charge in [0.05, 0.1) is 6.10 Å². The lowest BCUT2D eigenvalue weighted by atomic mass is 9.44. The Morgan fingerprint density at radius 1 is 1.20 bits per heavy atom. The lowest BCUT2D eigenvalue weighted by Gasteiger charge is -2.61. The van der Waals surface area contributed by atoms with Crippen molar-refractivity contribution in [3.63, 3.8) is 0 Å². The third kappa shape index (κ3) is 3.89. The summed E-state index contributed by atoms with van der Waals surface area (Å²) >= 11 is 0. The SMILES string of the molecule is COCC(=O)O[C@]1(C(=O)COC(C)=O)CC[C@H]2[C@@H]3C[C@H](C)C4=CC(=O)C=C[C@]4(C)[C@H]3[C@@H](O)C[C@@]21C. The van der Waals surface area contributed by atoms with Crippen molar-refractivity contribution in [2.45, 2.75) is 65.1 Å². The van der Waals surface area contributed by atoms with Crippen LogP contribution in [0.15, 0.2) is 23.8 Å². The standard InChI is InChI=1S/C27H36O8/c1-15-10-18-19-7-9-27(35-23(32)14-33-5,22(31)13-34-16(2)28)26(19,4)12-21(30)24(18)25(3)8-6-17(29)11-20(15)25/h6,8,11,15,18-19,21,24,30H,7,9-10,12-14H2,1-5H3/t15-,18-,19-,21-,24+,25-,26-,27-/m0/s1. The number of aliphatic hydroxyl groups is 1. The number of rotatable bonds is 6. The van der Waals surface area contributed by atoms with Crippen molar-refractivity contribution in [3.8, 4) is 0 Å². The van der Waals surface area contributed by atoms with Crippen LogP contribution in [-0.2, 0) is 33.4 Å². The highest BCUT2D eigenvalue weighted by Gasteiger charge is 2.70. The Bertz CT molecular complexity index is 997. The minimum atomic E-state index is -1.52. The number of fused-ring (bicyclic) bond motifs is 5. The quantitative estimate of drug-likeness (QED) is 0.567. The van der Waals surface area contributed by atoms with Gasteiger partial charge >= 0.3 is 11.9 Å². The average molecular weight is 489 g/mol. The van der Waals surface area contributed by atoms with Crippen molar-refractivity contribution in [1.82, 2.24) is 0 Å². The van der Waals surface area contributed by atoms with Gasteiger partial charge in [0.25, 0.3) is 0 Å². The molecule has 35 heavy (non-hydrogen) atoms. The van der Waals surface area contributed by atoms with E-state index in [1.807, 2.05) is 13.0 Å². The number of esters is 2. The van der Waals surface area contributed by atoms with Crippen LogP contribution >= 0.6 is 0 Å². The first-order valence-corrected chi connectivity index (χ1v) is 12.4. The topological polar surface area (TPSA) is 116 Å². The molecule has 3 saturated carbocycles. The van der Waals surface area contributed by atoms with E-state index >= 15 is 0 Å². The number of aliphatic hydroxyl groups excluding tert-OH is 1. The van der Waals surface area contributed by atoms with Crippen LogP contribution in [0.3, 0.4) is 0 Å². The molecule has 4 aliphatic rings. The number of methoxy groups -OCH3 is 1. The fourth-order valence-corrected chi connectivity index (χ4v) is 8.05. The van der Waals surface area contributed by atoms with E-state index in [1.54, 1.807) is 12.2 Å². The fraction of sp³-hybridized carbons (Fsp3) is 0.704. The molecule has 192 valence electrons. The van der Waals surface area contributed by atoms with Gasteiger partial charge in [-0.3, -0.25) is 14.4 Å². The van der Waals surface area contributed by atoms with Crippen molar-refractivity contribution in [1.29, 1.82) is 0 Å². The van der Waals surface area contributed by atoms with Gasteiger partial charge in [0.15, 0.2) is 18.0 Å².